The number of aromatic nitrogens is 1. The second-order valence-corrected chi connectivity index (χ2v) is 3.52. The first-order valence-electron chi connectivity index (χ1n) is 5.03. The molecular weight excluding hydrogens is 190 g/mol. The average Bonchev–Trinajstić information content (AvgIpc) is 2.69. The predicted molar refractivity (Wildman–Crippen MR) is 58.9 cm³/mol. The van der Waals surface area contributed by atoms with Crippen molar-refractivity contribution in [2.45, 2.75) is 12.8 Å². The third-order valence-electron chi connectivity index (χ3n) is 2.39. The molecule has 1 aromatic heterocycles. The Morgan fingerprint density at radius 2 is 2.13 bits per heavy atom. The van der Waals surface area contributed by atoms with Gasteiger partial charge in [0.25, 0.3) is 0 Å². The van der Waals surface area contributed by atoms with Crippen LogP contribution in [0.5, 0.6) is 0 Å². The number of benzene rings is 1. The molecule has 0 aliphatic rings. The number of ketones is 1. The molecule has 0 atom stereocenters. The maximum atomic E-state index is 11.6. The third-order valence-corrected chi connectivity index (χ3v) is 2.39. The minimum atomic E-state index is 0.0558. The van der Waals surface area contributed by atoms with Gasteiger partial charge in [0.05, 0.1) is 5.69 Å². The summed E-state index contributed by atoms with van der Waals surface area (Å²) in [7, 11) is 0. The molecule has 0 fully saturated rings. The van der Waals surface area contributed by atoms with Crippen LogP contribution in [-0.2, 0) is 0 Å². The Morgan fingerprint density at radius 1 is 1.33 bits per heavy atom. The molecule has 78 valence electrons. The molecule has 0 unspecified atom stereocenters. The minimum Gasteiger partial charge on any atom is -0.396 e. The Morgan fingerprint density at radius 3 is 2.87 bits per heavy atom. The van der Waals surface area contributed by atoms with Gasteiger partial charge in [-0.3, -0.25) is 4.79 Å². The first-order chi connectivity index (χ1) is 7.31. The number of H-pyrrole nitrogens is 1. The van der Waals surface area contributed by atoms with Crippen molar-refractivity contribution >= 4 is 16.7 Å². The number of rotatable bonds is 4. The summed E-state index contributed by atoms with van der Waals surface area (Å²) in [5.74, 6) is 0.0558. The van der Waals surface area contributed by atoms with Gasteiger partial charge in [-0.25, -0.2) is 0 Å². The fourth-order valence-electron chi connectivity index (χ4n) is 1.60. The average molecular weight is 203 g/mol. The molecule has 1 heterocycles. The lowest BCUT2D eigenvalue weighted by Crippen LogP contribution is -2.00. The van der Waals surface area contributed by atoms with Gasteiger partial charge in [-0.1, -0.05) is 18.2 Å². The highest BCUT2D eigenvalue weighted by atomic mass is 16.3. The standard InChI is InChI=1S/C12H13NO2/c14-7-3-6-12(15)11-8-9-4-1-2-5-10(9)13-11/h1-2,4-5,8,13-14H,3,6-7H2. The maximum Gasteiger partial charge on any atom is 0.179 e. The number of Topliss-reactive ketones (excluding diaryl/α,β-unsaturated/α-hetero) is 1. The molecule has 2 rings (SSSR count). The summed E-state index contributed by atoms with van der Waals surface area (Å²) in [6.07, 6.45) is 0.914. The fraction of sp³-hybridized carbons (Fsp3) is 0.250. The van der Waals surface area contributed by atoms with Crippen LogP contribution >= 0.6 is 0 Å². The molecule has 2 aromatic rings. The Hall–Kier alpha value is -1.61. The van der Waals surface area contributed by atoms with Gasteiger partial charge in [0.15, 0.2) is 5.78 Å². The molecule has 0 bridgehead atoms. The molecule has 0 saturated heterocycles. The molecule has 0 aliphatic heterocycles. The van der Waals surface area contributed by atoms with E-state index in [1.807, 2.05) is 30.3 Å². The Balaban J connectivity index is 2.25. The summed E-state index contributed by atoms with van der Waals surface area (Å²) in [5.41, 5.74) is 1.61. The topological polar surface area (TPSA) is 53.1 Å². The van der Waals surface area contributed by atoms with Crippen LogP contribution in [0.3, 0.4) is 0 Å². The van der Waals surface area contributed by atoms with Crippen molar-refractivity contribution in [2.75, 3.05) is 6.61 Å². The van der Waals surface area contributed by atoms with Crippen LogP contribution in [0.4, 0.5) is 0 Å². The van der Waals surface area contributed by atoms with E-state index in [0.717, 1.165) is 10.9 Å². The summed E-state index contributed by atoms with van der Waals surface area (Å²) in [6, 6.07) is 9.64. The van der Waals surface area contributed by atoms with E-state index in [-0.39, 0.29) is 12.4 Å². The van der Waals surface area contributed by atoms with E-state index in [1.165, 1.54) is 0 Å². The van der Waals surface area contributed by atoms with E-state index in [2.05, 4.69) is 4.98 Å². The van der Waals surface area contributed by atoms with Crippen molar-refractivity contribution in [3.8, 4) is 0 Å². The van der Waals surface area contributed by atoms with Gasteiger partial charge in [0, 0.05) is 23.9 Å². The van der Waals surface area contributed by atoms with Gasteiger partial charge in [-0.15, -0.1) is 0 Å². The molecule has 3 nitrogen and oxygen atoms in total. The number of nitrogens with one attached hydrogen (secondary N) is 1. The number of fused-ring (bicyclic) bond motifs is 1. The first kappa shape index (κ1) is 9.93. The molecule has 0 radical (unpaired) electrons. The lowest BCUT2D eigenvalue weighted by molar-refractivity contribution is 0.0967. The number of hydrogen-bond donors (Lipinski definition) is 2. The summed E-state index contributed by atoms with van der Waals surface area (Å²) in [4.78, 5) is 14.7. The summed E-state index contributed by atoms with van der Waals surface area (Å²) in [5, 5.41) is 9.69. The van der Waals surface area contributed by atoms with E-state index < -0.39 is 0 Å². The number of hydrogen-bond acceptors (Lipinski definition) is 2. The lowest BCUT2D eigenvalue weighted by Gasteiger charge is -1.94. The van der Waals surface area contributed by atoms with E-state index in [4.69, 9.17) is 5.11 Å². The van der Waals surface area contributed by atoms with Crippen LogP contribution in [0.2, 0.25) is 0 Å². The molecule has 3 heteroatoms. The van der Waals surface area contributed by atoms with Crippen LogP contribution in [-0.4, -0.2) is 22.5 Å². The zero-order chi connectivity index (χ0) is 10.7. The van der Waals surface area contributed by atoms with Crippen LogP contribution in [0, 0.1) is 0 Å². The zero-order valence-electron chi connectivity index (χ0n) is 8.36. The quantitative estimate of drug-likeness (QED) is 0.748. The lowest BCUT2D eigenvalue weighted by atomic mass is 10.1. The number of carbonyl (C=O) groups excluding carboxylic acids is 1. The first-order valence-corrected chi connectivity index (χ1v) is 5.03. The Labute approximate surface area is 87.7 Å². The molecule has 0 spiro atoms. The summed E-state index contributed by atoms with van der Waals surface area (Å²) in [6.45, 7) is 0.0615. The highest BCUT2D eigenvalue weighted by molar-refractivity contribution is 5.99. The van der Waals surface area contributed by atoms with Gasteiger partial charge in [0.2, 0.25) is 0 Å². The maximum absolute atomic E-state index is 11.6. The largest absolute Gasteiger partial charge is 0.396 e. The van der Waals surface area contributed by atoms with E-state index >= 15 is 0 Å². The summed E-state index contributed by atoms with van der Waals surface area (Å²) < 4.78 is 0. The van der Waals surface area contributed by atoms with Gasteiger partial charge in [-0.2, -0.15) is 0 Å². The van der Waals surface area contributed by atoms with Gasteiger partial charge < -0.3 is 10.1 Å². The van der Waals surface area contributed by atoms with Crippen molar-refractivity contribution in [1.82, 2.24) is 4.98 Å². The van der Waals surface area contributed by atoms with Gasteiger partial charge >= 0.3 is 0 Å². The Bertz CT molecular complexity index is 440. The molecule has 2 N–H and O–H groups in total. The number of aromatic amines is 1. The number of aliphatic hydroxyl groups excluding tert-OH is 1. The smallest absolute Gasteiger partial charge is 0.179 e. The van der Waals surface area contributed by atoms with Gasteiger partial charge in [0.1, 0.15) is 0 Å². The van der Waals surface area contributed by atoms with Gasteiger partial charge in [-0.05, 0) is 18.6 Å². The second-order valence-electron chi connectivity index (χ2n) is 3.52. The van der Waals surface area contributed by atoms with Crippen molar-refractivity contribution in [1.29, 1.82) is 0 Å². The predicted octanol–water partition coefficient (Wildman–Crippen LogP) is 2.12. The van der Waals surface area contributed by atoms with Crippen LogP contribution < -0.4 is 0 Å². The van der Waals surface area contributed by atoms with Crippen LogP contribution in [0.1, 0.15) is 23.3 Å². The molecule has 15 heavy (non-hydrogen) atoms. The fourth-order valence-corrected chi connectivity index (χ4v) is 1.60. The highest BCUT2D eigenvalue weighted by Gasteiger charge is 2.08. The third kappa shape index (κ3) is 2.07. The number of carbonyl (C=O) groups is 1. The monoisotopic (exact) mass is 203 g/mol. The van der Waals surface area contributed by atoms with Crippen molar-refractivity contribution in [2.24, 2.45) is 0 Å². The molecule has 1 aromatic carbocycles. The van der Waals surface area contributed by atoms with Crippen LogP contribution in [0.25, 0.3) is 10.9 Å². The van der Waals surface area contributed by atoms with Crippen molar-refractivity contribution < 1.29 is 9.90 Å². The summed E-state index contributed by atoms with van der Waals surface area (Å²) >= 11 is 0. The zero-order valence-corrected chi connectivity index (χ0v) is 8.36. The molecule has 0 amide bonds. The van der Waals surface area contributed by atoms with Crippen LogP contribution in [0.15, 0.2) is 30.3 Å². The highest BCUT2D eigenvalue weighted by Crippen LogP contribution is 2.15. The number of aliphatic hydroxyl groups is 1. The number of para-hydroxylation sites is 1. The second kappa shape index (κ2) is 4.28. The normalized spacial score (nSPS) is 10.7. The minimum absolute atomic E-state index is 0.0558. The molecule has 0 saturated carbocycles. The van der Waals surface area contributed by atoms with Crippen molar-refractivity contribution in [3.05, 3.63) is 36.0 Å². The molecule has 0 aliphatic carbocycles. The van der Waals surface area contributed by atoms with E-state index in [9.17, 15) is 4.79 Å². The van der Waals surface area contributed by atoms with E-state index in [0.29, 0.717) is 18.5 Å². The Kier molecular flexibility index (Phi) is 2.83. The SMILES string of the molecule is O=C(CCCO)c1cc2ccccc2[nH]1. The van der Waals surface area contributed by atoms with Crippen molar-refractivity contribution in [3.63, 3.8) is 0 Å². The van der Waals surface area contributed by atoms with E-state index in [1.54, 1.807) is 0 Å². The molecular formula is C12H13NO2.